The van der Waals surface area contributed by atoms with Crippen molar-refractivity contribution in [1.82, 2.24) is 20.9 Å². The van der Waals surface area contributed by atoms with Crippen molar-refractivity contribution in [3.63, 3.8) is 0 Å². The zero-order valence-electron chi connectivity index (χ0n) is 35.4. The van der Waals surface area contributed by atoms with E-state index in [0.29, 0.717) is 46.6 Å². The van der Waals surface area contributed by atoms with E-state index >= 15 is 0 Å². The predicted octanol–water partition coefficient (Wildman–Crippen LogP) is 4.08. The molecule has 1 aliphatic rings. The van der Waals surface area contributed by atoms with Gasteiger partial charge < -0.3 is 52.6 Å². The molecule has 0 unspecified atom stereocenters. The lowest BCUT2D eigenvalue weighted by Gasteiger charge is -2.32. The molecule has 0 aliphatic carbocycles. The van der Waals surface area contributed by atoms with E-state index in [1.807, 2.05) is 0 Å². The van der Waals surface area contributed by atoms with Crippen LogP contribution >= 0.6 is 0 Å². The number of hydrogen-bond acceptors (Lipinski definition) is 10. The van der Waals surface area contributed by atoms with Crippen molar-refractivity contribution in [2.75, 3.05) is 39.9 Å². The molecule has 0 radical (unpaired) electrons. The fourth-order valence-electron chi connectivity index (χ4n) is 7.24. The lowest BCUT2D eigenvalue weighted by molar-refractivity contribution is -0.144. The summed E-state index contributed by atoms with van der Waals surface area (Å²) >= 11 is 0. The van der Waals surface area contributed by atoms with Gasteiger partial charge in [0.05, 0.1) is 0 Å². The van der Waals surface area contributed by atoms with Crippen LogP contribution in [0.2, 0.25) is 0 Å². The van der Waals surface area contributed by atoms with Gasteiger partial charge in [-0.05, 0) is 68.1 Å². The second kappa shape index (κ2) is 26.4. The van der Waals surface area contributed by atoms with Crippen molar-refractivity contribution >= 4 is 29.6 Å². The number of carboxylic acids is 1. The molecule has 2 aromatic carbocycles. The zero-order chi connectivity index (χ0) is 43.2. The fourth-order valence-corrected chi connectivity index (χ4v) is 7.24. The van der Waals surface area contributed by atoms with Gasteiger partial charge in [0.1, 0.15) is 48.9 Å². The Morgan fingerprint density at radius 2 is 1.37 bits per heavy atom. The molecule has 4 atom stereocenters. The minimum absolute atomic E-state index is 0.0698. The maximum atomic E-state index is 14.4. The fraction of sp³-hybridized carbons (Fsp3) is 0.614. The average molecular weight is 824 g/mol. The molecular formula is C44H69N7O8. The summed E-state index contributed by atoms with van der Waals surface area (Å²) in [6, 6.07) is 5.40. The molecule has 0 saturated heterocycles. The molecule has 15 nitrogen and oxygen atoms in total. The Hall–Kier alpha value is -4.73. The highest BCUT2D eigenvalue weighted by atomic mass is 16.5. The number of amides is 4. The number of fused-ring (bicyclic) bond motifs is 5. The number of nitrogens with two attached hydrogens (primary N) is 3. The van der Waals surface area contributed by atoms with Crippen molar-refractivity contribution in [2.24, 2.45) is 17.2 Å². The van der Waals surface area contributed by atoms with Crippen LogP contribution in [0.1, 0.15) is 121 Å². The van der Waals surface area contributed by atoms with Crippen LogP contribution < -0.4 is 42.6 Å². The minimum Gasteiger partial charge on any atom is -0.492 e. The van der Waals surface area contributed by atoms with Gasteiger partial charge >= 0.3 is 5.97 Å². The number of carboxylic acid groups (broad SMARTS) is 1. The second-order valence-electron chi connectivity index (χ2n) is 15.4. The summed E-state index contributed by atoms with van der Waals surface area (Å²) in [6.45, 7) is 4.72. The number of rotatable bonds is 25. The summed E-state index contributed by atoms with van der Waals surface area (Å²) in [5, 5.41) is 18.2. The van der Waals surface area contributed by atoms with E-state index in [-0.39, 0.29) is 58.0 Å². The normalized spacial score (nSPS) is 17.2. The lowest BCUT2D eigenvalue weighted by Crippen LogP contribution is -2.54. The molecule has 0 aromatic heterocycles. The lowest BCUT2D eigenvalue weighted by atomic mass is 9.93. The third kappa shape index (κ3) is 15.8. The second-order valence-corrected chi connectivity index (χ2v) is 15.4. The molecule has 0 fully saturated rings. The smallest absolute Gasteiger partial charge is 0.326 e. The van der Waals surface area contributed by atoms with Crippen molar-refractivity contribution < 1.29 is 38.6 Å². The molecule has 2 aromatic rings. The van der Waals surface area contributed by atoms with Crippen LogP contribution in [-0.4, -0.2) is 97.6 Å². The van der Waals surface area contributed by atoms with Crippen molar-refractivity contribution in [2.45, 2.75) is 134 Å². The number of aliphatic carboxylic acids is 1. The number of ether oxygens (including phenoxy) is 2. The first kappa shape index (κ1) is 48.6. The summed E-state index contributed by atoms with van der Waals surface area (Å²) in [6.07, 6.45) is 13.5. The Morgan fingerprint density at radius 3 is 1.95 bits per heavy atom. The van der Waals surface area contributed by atoms with E-state index in [1.54, 1.807) is 36.4 Å². The van der Waals surface area contributed by atoms with E-state index in [4.69, 9.17) is 26.7 Å². The molecule has 1 heterocycles. The summed E-state index contributed by atoms with van der Waals surface area (Å²) in [4.78, 5) is 69.0. The van der Waals surface area contributed by atoms with Crippen molar-refractivity contribution in [3.8, 4) is 22.6 Å². The van der Waals surface area contributed by atoms with Crippen molar-refractivity contribution in [1.29, 1.82) is 0 Å². The van der Waals surface area contributed by atoms with Crippen LogP contribution in [0, 0.1) is 0 Å². The van der Waals surface area contributed by atoms with Gasteiger partial charge in [-0.25, -0.2) is 4.79 Å². The first-order chi connectivity index (χ1) is 28.4. The number of hydrogen-bond donors (Lipinski definition) is 7. The highest BCUT2D eigenvalue weighted by molar-refractivity contribution is 5.96. The van der Waals surface area contributed by atoms with Crippen LogP contribution in [0.3, 0.4) is 0 Å². The standard InChI is InChI=1S/C44H69N7O8/c1-4-5-6-7-8-9-10-11-12-13-14-17-39(52)49-35(16-15-22-45)43(55)51(3)40-32-19-21-38(59-26-24-47)34(29-32)33-27-31(18-20-37(33)58-25-23-46)28-36(44(56)57)50-41(53)30(2)48-42(40)54/h18-21,27,29-30,35-36,40H,4-17,22-26,28,45-47H2,1-3H3,(H,48,54)(H,49,52)(H,50,53)(H,56,57)/t30-,35-,36-,40-/m0/s1. The maximum Gasteiger partial charge on any atom is 0.326 e. The van der Waals surface area contributed by atoms with Gasteiger partial charge in [-0.15, -0.1) is 0 Å². The average Bonchev–Trinajstić information content (AvgIpc) is 3.22. The summed E-state index contributed by atoms with van der Waals surface area (Å²) in [5.74, 6) is -2.65. The first-order valence-electron chi connectivity index (χ1n) is 21.5. The SMILES string of the molecule is CCCCCCCCCCCCCC(=O)N[C@@H](CCCN)C(=O)N(C)[C@@H]1C(=O)N[C@@H](C)C(=O)N[C@H](C(=O)O)Cc2ccc(OCCN)c(c2)-c2cc1ccc2OCCN. The van der Waals surface area contributed by atoms with Crippen LogP contribution in [-0.2, 0) is 30.4 Å². The number of likely N-dealkylation sites (N-methyl/N-ethyl adjacent to an activating group) is 1. The van der Waals surface area contributed by atoms with E-state index in [1.165, 1.54) is 63.8 Å². The highest BCUT2D eigenvalue weighted by Gasteiger charge is 2.36. The molecule has 3 rings (SSSR count). The third-order valence-corrected chi connectivity index (χ3v) is 10.5. The van der Waals surface area contributed by atoms with Gasteiger partial charge in [0.25, 0.3) is 0 Å². The number of unbranched alkanes of at least 4 members (excludes halogenated alkanes) is 10. The largest absolute Gasteiger partial charge is 0.492 e. The Kier molecular flexibility index (Phi) is 21.8. The predicted molar refractivity (Wildman–Crippen MR) is 229 cm³/mol. The molecule has 0 saturated carbocycles. The Labute approximate surface area is 349 Å². The van der Waals surface area contributed by atoms with Crippen LogP contribution in [0.4, 0.5) is 0 Å². The molecule has 328 valence electrons. The van der Waals surface area contributed by atoms with Gasteiger partial charge in [0, 0.05) is 44.1 Å². The summed E-state index contributed by atoms with van der Waals surface area (Å²) in [7, 11) is 1.47. The van der Waals surface area contributed by atoms with Gasteiger partial charge in [-0.3, -0.25) is 19.2 Å². The molecule has 4 amide bonds. The maximum absolute atomic E-state index is 14.4. The third-order valence-electron chi connectivity index (χ3n) is 10.5. The highest BCUT2D eigenvalue weighted by Crippen LogP contribution is 2.40. The topological polar surface area (TPSA) is 241 Å². The monoisotopic (exact) mass is 824 g/mol. The number of nitrogens with one attached hydrogen (secondary N) is 3. The number of nitrogens with zero attached hydrogens (tertiary/aromatic N) is 1. The van der Waals surface area contributed by atoms with Crippen LogP contribution in [0.5, 0.6) is 11.5 Å². The van der Waals surface area contributed by atoms with Gasteiger partial charge in [-0.1, -0.05) is 83.3 Å². The van der Waals surface area contributed by atoms with E-state index < -0.39 is 47.9 Å². The van der Waals surface area contributed by atoms with E-state index in [0.717, 1.165) is 19.3 Å². The quantitative estimate of drug-likeness (QED) is 0.0704. The Bertz CT molecular complexity index is 1660. The molecule has 10 N–H and O–H groups in total. The molecule has 1 aliphatic heterocycles. The molecular weight excluding hydrogens is 755 g/mol. The van der Waals surface area contributed by atoms with Crippen LogP contribution in [0.15, 0.2) is 36.4 Å². The molecule has 0 spiro atoms. The Balaban J connectivity index is 1.96. The molecule has 4 bridgehead atoms. The first-order valence-corrected chi connectivity index (χ1v) is 21.5. The summed E-state index contributed by atoms with van der Waals surface area (Å²) < 4.78 is 12.1. The summed E-state index contributed by atoms with van der Waals surface area (Å²) in [5.41, 5.74) is 19.4. The number of carbonyl (C=O) groups excluding carboxylic acids is 4. The van der Waals surface area contributed by atoms with Gasteiger partial charge in [0.15, 0.2) is 0 Å². The van der Waals surface area contributed by atoms with Crippen LogP contribution in [0.25, 0.3) is 11.1 Å². The number of carbonyl (C=O) groups is 5. The molecule has 59 heavy (non-hydrogen) atoms. The van der Waals surface area contributed by atoms with E-state index in [2.05, 4.69) is 22.9 Å². The minimum atomic E-state index is -1.33. The number of benzene rings is 2. The van der Waals surface area contributed by atoms with E-state index in [9.17, 15) is 29.1 Å². The zero-order valence-corrected chi connectivity index (χ0v) is 35.4. The molecule has 15 heteroatoms. The van der Waals surface area contributed by atoms with Gasteiger partial charge in [0.2, 0.25) is 23.6 Å². The van der Waals surface area contributed by atoms with Crippen molar-refractivity contribution in [3.05, 3.63) is 47.5 Å². The Morgan fingerprint density at radius 1 is 0.797 bits per heavy atom. The van der Waals surface area contributed by atoms with Gasteiger partial charge in [-0.2, -0.15) is 0 Å².